The van der Waals surface area contributed by atoms with Crippen molar-refractivity contribution in [3.05, 3.63) is 18.0 Å². The summed E-state index contributed by atoms with van der Waals surface area (Å²) in [4.78, 5) is 4.39. The molecule has 0 saturated heterocycles. The minimum Gasteiger partial charge on any atom is -0.493 e. The Labute approximate surface area is 122 Å². The van der Waals surface area contributed by atoms with Crippen LogP contribution in [0.15, 0.2) is 12.3 Å². The van der Waals surface area contributed by atoms with Crippen LogP contribution >= 0.6 is 0 Å². The first-order chi connectivity index (χ1) is 9.18. The summed E-state index contributed by atoms with van der Waals surface area (Å²) in [5.41, 5.74) is 1.19. The van der Waals surface area contributed by atoms with Gasteiger partial charge in [-0.25, -0.2) is 0 Å². The van der Waals surface area contributed by atoms with E-state index in [1.807, 2.05) is 6.07 Å². The summed E-state index contributed by atoms with van der Waals surface area (Å²) in [5.74, 6) is 1.42. The summed E-state index contributed by atoms with van der Waals surface area (Å²) in [5, 5.41) is 3.56. The van der Waals surface area contributed by atoms with Gasteiger partial charge >= 0.3 is 0 Å². The lowest BCUT2D eigenvalue weighted by atomic mass is 9.82. The molecule has 0 amide bonds. The van der Waals surface area contributed by atoms with Gasteiger partial charge in [0.05, 0.1) is 19.9 Å². The third-order valence-electron chi connectivity index (χ3n) is 3.07. The normalized spacial score (nSPS) is 12.3. The topological polar surface area (TPSA) is 43.4 Å². The first kappa shape index (κ1) is 16.8. The van der Waals surface area contributed by atoms with Crippen LogP contribution in [0.5, 0.6) is 11.5 Å². The largest absolute Gasteiger partial charge is 0.493 e. The molecule has 114 valence electrons. The number of pyridine rings is 1. The molecule has 1 N–H and O–H groups in total. The van der Waals surface area contributed by atoms with Crippen LogP contribution in [-0.2, 0) is 6.54 Å². The number of aromatic nitrogens is 1. The number of nitrogens with one attached hydrogen (secondary N) is 1. The minimum atomic E-state index is 0.0357. The van der Waals surface area contributed by atoms with Gasteiger partial charge in [-0.05, 0) is 25.7 Å². The predicted octanol–water partition coefficient (Wildman–Crippen LogP) is 3.40. The van der Waals surface area contributed by atoms with E-state index in [1.54, 1.807) is 20.4 Å². The maximum atomic E-state index is 5.41. The van der Waals surface area contributed by atoms with E-state index in [0.29, 0.717) is 18.0 Å². The highest BCUT2D eigenvalue weighted by atomic mass is 16.5. The molecule has 0 spiro atoms. The zero-order valence-corrected chi connectivity index (χ0v) is 13.8. The van der Waals surface area contributed by atoms with Crippen LogP contribution in [0.25, 0.3) is 0 Å². The van der Waals surface area contributed by atoms with Gasteiger partial charge < -0.3 is 14.8 Å². The Morgan fingerprint density at radius 2 is 1.75 bits per heavy atom. The number of rotatable bonds is 6. The molecule has 0 bridgehead atoms. The molecule has 1 rings (SSSR count). The summed E-state index contributed by atoms with van der Waals surface area (Å²) in [6.45, 7) is 11.8. The highest BCUT2D eigenvalue weighted by Gasteiger charge is 2.25. The third kappa shape index (κ3) is 5.00. The predicted molar refractivity (Wildman–Crippen MR) is 82.3 cm³/mol. The minimum absolute atomic E-state index is 0.0357. The molecule has 4 nitrogen and oxygen atoms in total. The van der Waals surface area contributed by atoms with Gasteiger partial charge in [-0.3, -0.25) is 4.98 Å². The van der Waals surface area contributed by atoms with Crippen molar-refractivity contribution in [2.24, 2.45) is 5.41 Å². The van der Waals surface area contributed by atoms with Crippen LogP contribution in [0.4, 0.5) is 0 Å². The fourth-order valence-electron chi connectivity index (χ4n) is 2.69. The van der Waals surface area contributed by atoms with Crippen LogP contribution in [0.3, 0.4) is 0 Å². The van der Waals surface area contributed by atoms with Gasteiger partial charge in [0.25, 0.3) is 0 Å². The standard InChI is InChI=1S/C16H28N2O2/c1-15(2,3)11-16(4,5)18-10-12-14(20-7)13(19-6)8-9-17-12/h8-9,18H,10-11H2,1-7H3. The molecule has 1 aromatic heterocycles. The van der Waals surface area contributed by atoms with E-state index in [9.17, 15) is 0 Å². The lowest BCUT2D eigenvalue weighted by Crippen LogP contribution is -2.42. The molecular formula is C16H28N2O2. The molecule has 0 aliphatic heterocycles. The lowest BCUT2D eigenvalue weighted by Gasteiger charge is -2.33. The molecule has 0 saturated carbocycles. The molecule has 0 aliphatic rings. The van der Waals surface area contributed by atoms with Crippen LogP contribution in [0.1, 0.15) is 46.7 Å². The van der Waals surface area contributed by atoms with Crippen molar-refractivity contribution < 1.29 is 9.47 Å². The fourth-order valence-corrected chi connectivity index (χ4v) is 2.69. The first-order valence-electron chi connectivity index (χ1n) is 6.99. The molecule has 0 unspecified atom stereocenters. The van der Waals surface area contributed by atoms with Crippen LogP contribution in [0, 0.1) is 5.41 Å². The number of hydrogen-bond donors (Lipinski definition) is 1. The van der Waals surface area contributed by atoms with Crippen LogP contribution < -0.4 is 14.8 Å². The van der Waals surface area contributed by atoms with E-state index < -0.39 is 0 Å². The zero-order chi connectivity index (χ0) is 15.4. The Bertz CT molecular complexity index is 437. The molecule has 0 aromatic carbocycles. The van der Waals surface area contributed by atoms with Crippen molar-refractivity contribution in [1.29, 1.82) is 0 Å². The number of nitrogens with zero attached hydrogens (tertiary/aromatic N) is 1. The summed E-state index contributed by atoms with van der Waals surface area (Å²) in [6.07, 6.45) is 2.82. The van der Waals surface area contributed by atoms with Crippen molar-refractivity contribution in [3.8, 4) is 11.5 Å². The van der Waals surface area contributed by atoms with Gasteiger partial charge in [-0.1, -0.05) is 20.8 Å². The number of ether oxygens (including phenoxy) is 2. The van der Waals surface area contributed by atoms with Crippen molar-refractivity contribution in [1.82, 2.24) is 10.3 Å². The second kappa shape index (κ2) is 6.44. The van der Waals surface area contributed by atoms with Gasteiger partial charge in [0.1, 0.15) is 0 Å². The molecular weight excluding hydrogens is 252 g/mol. The Balaban J connectivity index is 2.79. The summed E-state index contributed by atoms with van der Waals surface area (Å²) in [7, 11) is 3.28. The second-order valence-electron chi connectivity index (χ2n) is 6.97. The fraction of sp³-hybridized carbons (Fsp3) is 0.688. The number of hydrogen-bond acceptors (Lipinski definition) is 4. The van der Waals surface area contributed by atoms with Crippen molar-refractivity contribution in [3.63, 3.8) is 0 Å². The van der Waals surface area contributed by atoms with Gasteiger partial charge in [-0.15, -0.1) is 0 Å². The highest BCUT2D eigenvalue weighted by molar-refractivity contribution is 5.42. The molecule has 4 heteroatoms. The maximum Gasteiger partial charge on any atom is 0.183 e. The van der Waals surface area contributed by atoms with Crippen LogP contribution in [0.2, 0.25) is 0 Å². The zero-order valence-electron chi connectivity index (χ0n) is 13.8. The summed E-state index contributed by atoms with van der Waals surface area (Å²) >= 11 is 0. The Morgan fingerprint density at radius 1 is 1.10 bits per heavy atom. The van der Waals surface area contributed by atoms with Crippen molar-refractivity contribution in [2.75, 3.05) is 14.2 Å². The Kier molecular flexibility index (Phi) is 5.40. The van der Waals surface area contributed by atoms with Crippen molar-refractivity contribution in [2.45, 2.75) is 53.1 Å². The Hall–Kier alpha value is -1.29. The van der Waals surface area contributed by atoms with E-state index in [4.69, 9.17) is 9.47 Å². The van der Waals surface area contributed by atoms with Gasteiger partial charge in [0.15, 0.2) is 11.5 Å². The molecule has 1 aromatic rings. The van der Waals surface area contributed by atoms with E-state index in [0.717, 1.165) is 12.1 Å². The monoisotopic (exact) mass is 280 g/mol. The molecule has 0 fully saturated rings. The molecule has 0 atom stereocenters. The smallest absolute Gasteiger partial charge is 0.183 e. The van der Waals surface area contributed by atoms with E-state index in [2.05, 4.69) is 44.9 Å². The first-order valence-corrected chi connectivity index (χ1v) is 6.99. The second-order valence-corrected chi connectivity index (χ2v) is 6.97. The number of methoxy groups -OCH3 is 2. The molecule has 1 heterocycles. The van der Waals surface area contributed by atoms with E-state index in [-0.39, 0.29) is 11.0 Å². The third-order valence-corrected chi connectivity index (χ3v) is 3.07. The van der Waals surface area contributed by atoms with Gasteiger partial charge in [0, 0.05) is 24.3 Å². The molecule has 0 aliphatic carbocycles. The summed E-state index contributed by atoms with van der Waals surface area (Å²) in [6, 6.07) is 1.81. The lowest BCUT2D eigenvalue weighted by molar-refractivity contribution is 0.238. The maximum absolute atomic E-state index is 5.41. The van der Waals surface area contributed by atoms with Crippen LogP contribution in [-0.4, -0.2) is 24.7 Å². The summed E-state index contributed by atoms with van der Waals surface area (Å²) < 4.78 is 10.7. The average Bonchev–Trinajstić information content (AvgIpc) is 2.32. The van der Waals surface area contributed by atoms with Gasteiger partial charge in [0.2, 0.25) is 0 Å². The van der Waals surface area contributed by atoms with E-state index in [1.165, 1.54) is 0 Å². The van der Waals surface area contributed by atoms with E-state index >= 15 is 0 Å². The molecule has 20 heavy (non-hydrogen) atoms. The molecule has 0 radical (unpaired) electrons. The highest BCUT2D eigenvalue weighted by Crippen LogP contribution is 2.30. The Morgan fingerprint density at radius 3 is 2.25 bits per heavy atom. The van der Waals surface area contributed by atoms with Crippen molar-refractivity contribution >= 4 is 0 Å². The average molecular weight is 280 g/mol. The van der Waals surface area contributed by atoms with Gasteiger partial charge in [-0.2, -0.15) is 0 Å². The SMILES string of the molecule is COc1ccnc(CNC(C)(C)CC(C)(C)C)c1OC. The quantitative estimate of drug-likeness (QED) is 0.867.